The molecule has 4 aromatic carbocycles. The number of ether oxygens (including phenoxy) is 3. The predicted molar refractivity (Wildman–Crippen MR) is 139 cm³/mol. The summed E-state index contributed by atoms with van der Waals surface area (Å²) >= 11 is 0. The second kappa shape index (κ2) is 9.14. The zero-order valence-corrected chi connectivity index (χ0v) is 20.1. The van der Waals surface area contributed by atoms with Gasteiger partial charge in [0.05, 0.1) is 0 Å². The van der Waals surface area contributed by atoms with Gasteiger partial charge in [-0.25, -0.2) is 0 Å². The van der Waals surface area contributed by atoms with E-state index >= 15 is 0 Å². The lowest BCUT2D eigenvalue weighted by atomic mass is 9.70. The molecule has 0 atom stereocenters. The molecule has 6 rings (SSSR count). The molecule has 1 fully saturated rings. The van der Waals surface area contributed by atoms with Gasteiger partial charge in [-0.3, -0.25) is 0 Å². The topological polar surface area (TPSA) is 27.7 Å². The number of benzene rings is 4. The smallest absolute Gasteiger partial charge is 0.135 e. The van der Waals surface area contributed by atoms with E-state index in [1.807, 2.05) is 24.3 Å². The summed E-state index contributed by atoms with van der Waals surface area (Å²) in [5, 5.41) is 0. The van der Waals surface area contributed by atoms with Crippen molar-refractivity contribution < 1.29 is 14.2 Å². The van der Waals surface area contributed by atoms with Crippen LogP contribution in [0.5, 0.6) is 17.2 Å². The number of fused-ring (bicyclic) bond motifs is 4. The van der Waals surface area contributed by atoms with Crippen molar-refractivity contribution in [3.63, 3.8) is 0 Å². The molecule has 1 spiro atoms. The van der Waals surface area contributed by atoms with E-state index in [0.29, 0.717) is 13.2 Å². The first-order chi connectivity index (χ1) is 17.2. The highest BCUT2D eigenvalue weighted by Gasteiger charge is 2.46. The van der Waals surface area contributed by atoms with Crippen LogP contribution in [-0.4, -0.2) is 0 Å². The molecule has 1 aliphatic carbocycles. The number of hydrogen-bond acceptors (Lipinski definition) is 3. The Morgan fingerprint density at radius 1 is 0.743 bits per heavy atom. The van der Waals surface area contributed by atoms with E-state index in [-0.39, 0.29) is 5.60 Å². The Balaban J connectivity index is 1.32. The van der Waals surface area contributed by atoms with Crippen molar-refractivity contribution in [2.75, 3.05) is 0 Å². The van der Waals surface area contributed by atoms with Crippen LogP contribution >= 0.6 is 0 Å². The van der Waals surface area contributed by atoms with Crippen molar-refractivity contribution in [3.8, 4) is 28.4 Å². The standard InChI is InChI=1S/C32H30O3/c1-2-25-18-28-27-15-14-26(33-21-23-10-5-3-6-11-23)19-31(27)35-32(16-9-17-32)29(28)20-30(25)34-22-24-12-7-4-8-13-24/h3-8,10-15,18-20H,2,9,16-17,21-22H2,1H3. The van der Waals surface area contributed by atoms with Crippen molar-refractivity contribution in [1.82, 2.24) is 0 Å². The highest BCUT2D eigenvalue weighted by Crippen LogP contribution is 2.55. The van der Waals surface area contributed by atoms with Crippen LogP contribution in [-0.2, 0) is 25.2 Å². The first kappa shape index (κ1) is 21.8. The van der Waals surface area contributed by atoms with Gasteiger partial charge in [-0.1, -0.05) is 67.6 Å². The number of aryl methyl sites for hydroxylation is 1. The minimum absolute atomic E-state index is 0.266. The van der Waals surface area contributed by atoms with E-state index in [1.165, 1.54) is 28.7 Å². The molecule has 2 aliphatic rings. The Kier molecular flexibility index (Phi) is 5.69. The first-order valence-corrected chi connectivity index (χ1v) is 12.6. The summed E-state index contributed by atoms with van der Waals surface area (Å²) in [7, 11) is 0. The van der Waals surface area contributed by atoms with Crippen LogP contribution in [0.2, 0.25) is 0 Å². The molecule has 35 heavy (non-hydrogen) atoms. The third-order valence-corrected chi connectivity index (χ3v) is 7.27. The van der Waals surface area contributed by atoms with Gasteiger partial charge < -0.3 is 14.2 Å². The average molecular weight is 463 g/mol. The quantitative estimate of drug-likeness (QED) is 0.280. The highest BCUT2D eigenvalue weighted by molar-refractivity contribution is 5.79. The second-order valence-electron chi connectivity index (χ2n) is 9.52. The van der Waals surface area contributed by atoms with Crippen LogP contribution in [0.3, 0.4) is 0 Å². The fourth-order valence-corrected chi connectivity index (χ4v) is 5.15. The SMILES string of the molecule is CCc1cc2c(cc1OCc1ccccc1)C1(CCC1)Oc1cc(OCc3ccccc3)ccc1-2. The molecule has 0 bridgehead atoms. The van der Waals surface area contributed by atoms with Crippen LogP contribution < -0.4 is 14.2 Å². The maximum absolute atomic E-state index is 6.73. The molecule has 0 saturated heterocycles. The molecule has 4 aromatic rings. The van der Waals surface area contributed by atoms with Crippen molar-refractivity contribution >= 4 is 0 Å². The van der Waals surface area contributed by atoms with Crippen molar-refractivity contribution in [2.24, 2.45) is 0 Å². The maximum atomic E-state index is 6.73. The fraction of sp³-hybridized carbons (Fsp3) is 0.250. The van der Waals surface area contributed by atoms with E-state index in [4.69, 9.17) is 14.2 Å². The summed E-state index contributed by atoms with van der Waals surface area (Å²) in [5.74, 6) is 2.73. The Morgan fingerprint density at radius 2 is 1.43 bits per heavy atom. The minimum Gasteiger partial charge on any atom is -0.489 e. The lowest BCUT2D eigenvalue weighted by molar-refractivity contribution is -0.0147. The summed E-state index contributed by atoms with van der Waals surface area (Å²) in [6.07, 6.45) is 4.14. The van der Waals surface area contributed by atoms with Crippen LogP contribution in [0.1, 0.15) is 48.4 Å². The molecule has 0 N–H and O–H groups in total. The molecular formula is C32H30O3. The zero-order valence-electron chi connectivity index (χ0n) is 20.1. The monoisotopic (exact) mass is 462 g/mol. The van der Waals surface area contributed by atoms with Crippen LogP contribution in [0, 0.1) is 0 Å². The average Bonchev–Trinajstić information content (AvgIpc) is 2.89. The van der Waals surface area contributed by atoms with Crippen molar-refractivity contribution in [2.45, 2.75) is 51.4 Å². The number of rotatable bonds is 7. The largest absolute Gasteiger partial charge is 0.489 e. The maximum Gasteiger partial charge on any atom is 0.135 e. The van der Waals surface area contributed by atoms with Gasteiger partial charge in [0, 0.05) is 17.2 Å². The predicted octanol–water partition coefficient (Wildman–Crippen LogP) is 7.85. The molecular weight excluding hydrogens is 432 g/mol. The van der Waals surface area contributed by atoms with Gasteiger partial charge >= 0.3 is 0 Å². The first-order valence-electron chi connectivity index (χ1n) is 12.6. The van der Waals surface area contributed by atoms with E-state index in [0.717, 1.165) is 47.6 Å². The van der Waals surface area contributed by atoms with E-state index < -0.39 is 0 Å². The van der Waals surface area contributed by atoms with Gasteiger partial charge in [-0.2, -0.15) is 0 Å². The summed E-state index contributed by atoms with van der Waals surface area (Å²) in [6, 6.07) is 31.4. The minimum atomic E-state index is -0.266. The summed E-state index contributed by atoms with van der Waals surface area (Å²) in [5.41, 5.74) is 6.95. The van der Waals surface area contributed by atoms with Crippen LogP contribution in [0.15, 0.2) is 91.0 Å². The fourth-order valence-electron chi connectivity index (χ4n) is 5.15. The van der Waals surface area contributed by atoms with Gasteiger partial charge in [0.15, 0.2) is 0 Å². The second-order valence-corrected chi connectivity index (χ2v) is 9.52. The summed E-state index contributed by atoms with van der Waals surface area (Å²) in [6.45, 7) is 3.31. The zero-order chi connectivity index (χ0) is 23.7. The van der Waals surface area contributed by atoms with Gasteiger partial charge in [0.1, 0.15) is 36.1 Å². The van der Waals surface area contributed by atoms with Gasteiger partial charge in [0.25, 0.3) is 0 Å². The molecule has 3 nitrogen and oxygen atoms in total. The van der Waals surface area contributed by atoms with Crippen molar-refractivity contribution in [1.29, 1.82) is 0 Å². The molecule has 0 radical (unpaired) electrons. The third kappa shape index (κ3) is 4.16. The lowest BCUT2D eigenvalue weighted by Gasteiger charge is -2.46. The van der Waals surface area contributed by atoms with Gasteiger partial charge in [0.2, 0.25) is 0 Å². The Bertz CT molecular complexity index is 1320. The highest BCUT2D eigenvalue weighted by atomic mass is 16.5. The van der Waals surface area contributed by atoms with Gasteiger partial charge in [-0.15, -0.1) is 0 Å². The molecule has 1 saturated carbocycles. The Morgan fingerprint density at radius 3 is 2.06 bits per heavy atom. The molecule has 0 aromatic heterocycles. The van der Waals surface area contributed by atoms with Crippen LogP contribution in [0.25, 0.3) is 11.1 Å². The summed E-state index contributed by atoms with van der Waals surface area (Å²) < 4.78 is 19.2. The van der Waals surface area contributed by atoms with Crippen LogP contribution in [0.4, 0.5) is 0 Å². The molecule has 0 unspecified atom stereocenters. The normalized spacial score (nSPS) is 14.9. The molecule has 3 heteroatoms. The van der Waals surface area contributed by atoms with Gasteiger partial charge in [-0.05, 0) is 72.2 Å². The molecule has 0 amide bonds. The lowest BCUT2D eigenvalue weighted by Crippen LogP contribution is -2.42. The Labute approximate surface area is 207 Å². The van der Waals surface area contributed by atoms with E-state index in [1.54, 1.807) is 0 Å². The molecule has 1 heterocycles. The summed E-state index contributed by atoms with van der Waals surface area (Å²) in [4.78, 5) is 0. The number of hydrogen-bond donors (Lipinski definition) is 0. The molecule has 176 valence electrons. The Hall–Kier alpha value is -3.72. The van der Waals surface area contributed by atoms with E-state index in [9.17, 15) is 0 Å². The third-order valence-electron chi connectivity index (χ3n) is 7.27. The van der Waals surface area contributed by atoms with E-state index in [2.05, 4.69) is 73.7 Å². The van der Waals surface area contributed by atoms with Crippen molar-refractivity contribution in [3.05, 3.63) is 113 Å². The molecule has 1 aliphatic heterocycles.